The minimum absolute atomic E-state index is 0.271. The van der Waals surface area contributed by atoms with Crippen LogP contribution in [-0.4, -0.2) is 40.6 Å². The summed E-state index contributed by atoms with van der Waals surface area (Å²) in [5.41, 5.74) is 1.69. The Bertz CT molecular complexity index is 781. The molecule has 24 heavy (non-hydrogen) atoms. The second-order valence-electron chi connectivity index (χ2n) is 5.57. The largest absolute Gasteiger partial charge is 0.367 e. The van der Waals surface area contributed by atoms with Crippen LogP contribution in [0.15, 0.2) is 23.1 Å². The standard InChI is InChI=1S/C17H23N5OS/c1-6-11(3)21-16-14-15(20-10-22(5)12(4)7-2)13(8-23)24-17(14)19-9-18-16/h7-11H,6H2,1-5H3,(H,18,19,21)/b12-7+,20-10?. The molecule has 7 heteroatoms. The van der Waals surface area contributed by atoms with Crippen molar-refractivity contribution in [2.24, 2.45) is 4.99 Å². The number of allylic oxidation sites excluding steroid dienone is 2. The van der Waals surface area contributed by atoms with Crippen molar-refractivity contribution in [1.29, 1.82) is 0 Å². The van der Waals surface area contributed by atoms with E-state index in [1.165, 1.54) is 17.7 Å². The number of nitrogens with one attached hydrogen (secondary N) is 1. The van der Waals surface area contributed by atoms with Gasteiger partial charge in [-0.2, -0.15) is 0 Å². The van der Waals surface area contributed by atoms with Gasteiger partial charge in [-0.3, -0.25) is 4.79 Å². The van der Waals surface area contributed by atoms with E-state index in [0.29, 0.717) is 10.6 Å². The molecule has 1 atom stereocenters. The van der Waals surface area contributed by atoms with Crippen LogP contribution in [0.4, 0.5) is 11.5 Å². The van der Waals surface area contributed by atoms with Gasteiger partial charge in [-0.05, 0) is 27.2 Å². The normalized spacial score (nSPS) is 13.5. The first-order chi connectivity index (χ1) is 11.5. The topological polar surface area (TPSA) is 70.5 Å². The van der Waals surface area contributed by atoms with Gasteiger partial charge >= 0.3 is 0 Å². The maximum absolute atomic E-state index is 11.5. The van der Waals surface area contributed by atoms with Crippen LogP contribution in [0.5, 0.6) is 0 Å². The molecule has 0 bridgehead atoms. The first-order valence-electron chi connectivity index (χ1n) is 7.90. The van der Waals surface area contributed by atoms with Crippen molar-refractivity contribution >= 4 is 45.7 Å². The first-order valence-corrected chi connectivity index (χ1v) is 8.72. The van der Waals surface area contributed by atoms with Crippen LogP contribution in [0.2, 0.25) is 0 Å². The van der Waals surface area contributed by atoms with Crippen molar-refractivity contribution in [3.63, 3.8) is 0 Å². The highest BCUT2D eigenvalue weighted by atomic mass is 32.1. The molecule has 1 unspecified atom stereocenters. The second-order valence-corrected chi connectivity index (χ2v) is 6.61. The predicted molar refractivity (Wildman–Crippen MR) is 102 cm³/mol. The van der Waals surface area contributed by atoms with Gasteiger partial charge in [0.05, 0.1) is 22.3 Å². The van der Waals surface area contributed by atoms with Gasteiger partial charge < -0.3 is 10.2 Å². The fourth-order valence-corrected chi connectivity index (χ4v) is 2.93. The Morgan fingerprint density at radius 1 is 1.50 bits per heavy atom. The van der Waals surface area contributed by atoms with Gasteiger partial charge in [-0.25, -0.2) is 15.0 Å². The van der Waals surface area contributed by atoms with E-state index in [4.69, 9.17) is 0 Å². The van der Waals surface area contributed by atoms with E-state index in [2.05, 4.69) is 34.1 Å². The molecular formula is C17H23N5OS. The first kappa shape index (κ1) is 18.1. The van der Waals surface area contributed by atoms with Gasteiger partial charge in [-0.15, -0.1) is 11.3 Å². The molecule has 6 nitrogen and oxygen atoms in total. The maximum Gasteiger partial charge on any atom is 0.162 e. The second kappa shape index (κ2) is 8.01. The quantitative estimate of drug-likeness (QED) is 0.462. The Morgan fingerprint density at radius 3 is 2.88 bits per heavy atom. The number of aldehydes is 1. The van der Waals surface area contributed by atoms with E-state index in [0.717, 1.165) is 34.4 Å². The highest BCUT2D eigenvalue weighted by molar-refractivity contribution is 7.21. The zero-order chi connectivity index (χ0) is 17.7. The van der Waals surface area contributed by atoms with Gasteiger partial charge in [0.25, 0.3) is 0 Å². The van der Waals surface area contributed by atoms with Crippen molar-refractivity contribution < 1.29 is 4.79 Å². The number of carbonyl (C=O) groups excluding carboxylic acids is 1. The molecule has 0 saturated heterocycles. The summed E-state index contributed by atoms with van der Waals surface area (Å²) < 4.78 is 0. The van der Waals surface area contributed by atoms with Crippen molar-refractivity contribution in [3.8, 4) is 0 Å². The number of aromatic nitrogens is 2. The average molecular weight is 345 g/mol. The van der Waals surface area contributed by atoms with Crippen molar-refractivity contribution in [1.82, 2.24) is 14.9 Å². The van der Waals surface area contributed by atoms with E-state index < -0.39 is 0 Å². The molecule has 2 aromatic rings. The highest BCUT2D eigenvalue weighted by Gasteiger charge is 2.17. The lowest BCUT2D eigenvalue weighted by Crippen LogP contribution is -2.14. The number of carbonyl (C=O) groups is 1. The van der Waals surface area contributed by atoms with Crippen molar-refractivity contribution in [3.05, 3.63) is 23.0 Å². The predicted octanol–water partition coefficient (Wildman–Crippen LogP) is 4.23. The number of aliphatic imine (C=N–C) groups is 1. The smallest absolute Gasteiger partial charge is 0.162 e. The molecule has 0 aliphatic heterocycles. The Kier molecular flexibility index (Phi) is 6.03. The van der Waals surface area contributed by atoms with Crippen LogP contribution < -0.4 is 5.32 Å². The number of hydrogen-bond acceptors (Lipinski definition) is 6. The number of fused-ring (bicyclic) bond motifs is 1. The monoisotopic (exact) mass is 345 g/mol. The van der Waals surface area contributed by atoms with E-state index >= 15 is 0 Å². The van der Waals surface area contributed by atoms with Gasteiger partial charge in [0, 0.05) is 18.8 Å². The average Bonchev–Trinajstić information content (AvgIpc) is 2.97. The third-order valence-electron chi connectivity index (χ3n) is 3.93. The zero-order valence-corrected chi connectivity index (χ0v) is 15.5. The van der Waals surface area contributed by atoms with E-state index in [1.807, 2.05) is 31.9 Å². The third-order valence-corrected chi connectivity index (χ3v) is 4.94. The summed E-state index contributed by atoms with van der Waals surface area (Å²) in [5.74, 6) is 0.719. The van der Waals surface area contributed by atoms with Crippen LogP contribution in [0.1, 0.15) is 43.8 Å². The van der Waals surface area contributed by atoms with Gasteiger partial charge in [0.1, 0.15) is 17.0 Å². The molecular weight excluding hydrogens is 322 g/mol. The lowest BCUT2D eigenvalue weighted by Gasteiger charge is -2.14. The molecule has 2 rings (SSSR count). The fraction of sp³-hybridized carbons (Fsp3) is 0.412. The number of rotatable bonds is 7. The van der Waals surface area contributed by atoms with Crippen LogP contribution in [0.3, 0.4) is 0 Å². The maximum atomic E-state index is 11.5. The SMILES string of the molecule is C/C=C(\C)N(C)C=Nc1c(C=O)sc2ncnc(NC(C)CC)c12. The summed E-state index contributed by atoms with van der Waals surface area (Å²) in [6, 6.07) is 0.271. The molecule has 0 radical (unpaired) electrons. The van der Waals surface area contributed by atoms with Gasteiger partial charge in [0.2, 0.25) is 0 Å². The molecule has 0 fully saturated rings. The third kappa shape index (κ3) is 3.79. The van der Waals surface area contributed by atoms with Gasteiger partial charge in [-0.1, -0.05) is 13.0 Å². The van der Waals surface area contributed by atoms with E-state index in [-0.39, 0.29) is 6.04 Å². The molecule has 0 saturated carbocycles. The molecule has 2 heterocycles. The molecule has 0 aliphatic carbocycles. The number of anilines is 1. The minimum atomic E-state index is 0.271. The van der Waals surface area contributed by atoms with Crippen LogP contribution >= 0.6 is 11.3 Å². The van der Waals surface area contributed by atoms with Crippen LogP contribution in [-0.2, 0) is 0 Å². The number of thiophene rings is 1. The molecule has 0 aromatic carbocycles. The summed E-state index contributed by atoms with van der Waals surface area (Å²) in [7, 11) is 1.92. The summed E-state index contributed by atoms with van der Waals surface area (Å²) in [6.07, 6.45) is 7.02. The van der Waals surface area contributed by atoms with E-state index in [9.17, 15) is 4.79 Å². The lowest BCUT2D eigenvalue weighted by atomic mass is 10.2. The Hall–Kier alpha value is -2.28. The van der Waals surface area contributed by atoms with Crippen LogP contribution in [0.25, 0.3) is 10.2 Å². The number of hydrogen-bond donors (Lipinski definition) is 1. The zero-order valence-electron chi connectivity index (χ0n) is 14.7. The number of nitrogens with zero attached hydrogens (tertiary/aromatic N) is 4. The molecule has 2 aromatic heterocycles. The van der Waals surface area contributed by atoms with Crippen molar-refractivity contribution in [2.75, 3.05) is 12.4 Å². The Labute approximate surface area is 146 Å². The summed E-state index contributed by atoms with van der Waals surface area (Å²) in [6.45, 7) is 8.16. The fourth-order valence-electron chi connectivity index (χ4n) is 2.03. The van der Waals surface area contributed by atoms with Gasteiger partial charge in [0.15, 0.2) is 6.29 Å². The van der Waals surface area contributed by atoms with Crippen LogP contribution in [0, 0.1) is 0 Å². The summed E-state index contributed by atoms with van der Waals surface area (Å²) in [5, 5.41) is 4.17. The molecule has 0 spiro atoms. The minimum Gasteiger partial charge on any atom is -0.367 e. The Balaban J connectivity index is 2.54. The molecule has 1 N–H and O–H groups in total. The van der Waals surface area contributed by atoms with Crippen molar-refractivity contribution in [2.45, 2.75) is 40.2 Å². The molecule has 0 amide bonds. The van der Waals surface area contributed by atoms with E-state index in [1.54, 1.807) is 6.34 Å². The Morgan fingerprint density at radius 2 is 2.25 bits per heavy atom. The summed E-state index contributed by atoms with van der Waals surface area (Å²) in [4.78, 5) is 27.9. The molecule has 0 aliphatic rings. The summed E-state index contributed by atoms with van der Waals surface area (Å²) >= 11 is 1.33. The molecule has 128 valence electrons. The lowest BCUT2D eigenvalue weighted by molar-refractivity contribution is 0.112. The highest BCUT2D eigenvalue weighted by Crippen LogP contribution is 2.39.